The molecule has 1 aromatic heterocycles. The van der Waals surface area contributed by atoms with Crippen molar-refractivity contribution in [3.05, 3.63) is 76.4 Å². The minimum atomic E-state index is -3.98. The Kier molecular flexibility index (Phi) is 5.31. The van der Waals surface area contributed by atoms with Gasteiger partial charge >= 0.3 is 0 Å². The van der Waals surface area contributed by atoms with Crippen molar-refractivity contribution in [2.24, 2.45) is 7.05 Å². The molecule has 2 aromatic carbocycles. The van der Waals surface area contributed by atoms with Crippen LogP contribution in [-0.4, -0.2) is 30.7 Å². The van der Waals surface area contributed by atoms with Crippen molar-refractivity contribution in [3.8, 4) is 0 Å². The topological polar surface area (TPSA) is 84.3 Å². The number of nitrogens with one attached hydrogen (secondary N) is 1. The highest BCUT2D eigenvalue weighted by Crippen LogP contribution is 2.34. The minimum Gasteiger partial charge on any atom is -0.351 e. The van der Waals surface area contributed by atoms with Crippen LogP contribution in [-0.2, 0) is 29.0 Å². The monoisotopic (exact) mass is 458 g/mol. The molecule has 0 spiro atoms. The second-order valence-corrected chi connectivity index (χ2v) is 10.5. The van der Waals surface area contributed by atoms with Crippen molar-refractivity contribution in [1.82, 2.24) is 15.1 Å². The summed E-state index contributed by atoms with van der Waals surface area (Å²) in [5.41, 5.74) is 2.27. The first kappa shape index (κ1) is 21.4. The second kappa shape index (κ2) is 7.69. The standard InChI is InChI=1S/C22H23ClN4O3S/c1-22(2)14-24-21(28)18-12-17(8-9-19(18)22)27(13-15-4-6-16(23)7-5-15)31(29,30)20-10-11-26(3)25-20/h4-12H,13-14H2,1-3H3,(H,24,28). The van der Waals surface area contributed by atoms with Crippen LogP contribution in [0.25, 0.3) is 0 Å². The average molecular weight is 459 g/mol. The molecule has 162 valence electrons. The highest BCUT2D eigenvalue weighted by molar-refractivity contribution is 7.92. The van der Waals surface area contributed by atoms with Crippen LogP contribution in [0.2, 0.25) is 5.02 Å². The molecule has 0 bridgehead atoms. The van der Waals surface area contributed by atoms with E-state index in [0.717, 1.165) is 11.1 Å². The largest absolute Gasteiger partial charge is 0.351 e. The lowest BCUT2D eigenvalue weighted by Crippen LogP contribution is -2.43. The number of rotatable bonds is 5. The van der Waals surface area contributed by atoms with Crippen LogP contribution in [0.5, 0.6) is 0 Å². The molecule has 1 N–H and O–H groups in total. The van der Waals surface area contributed by atoms with E-state index in [4.69, 9.17) is 11.6 Å². The number of benzene rings is 2. The van der Waals surface area contributed by atoms with E-state index in [1.54, 1.807) is 49.6 Å². The number of fused-ring (bicyclic) bond motifs is 1. The first-order valence-electron chi connectivity index (χ1n) is 9.77. The van der Waals surface area contributed by atoms with Crippen molar-refractivity contribution < 1.29 is 13.2 Å². The fourth-order valence-electron chi connectivity index (χ4n) is 3.67. The van der Waals surface area contributed by atoms with E-state index < -0.39 is 10.0 Å². The number of nitrogens with zero attached hydrogens (tertiary/aromatic N) is 3. The highest BCUT2D eigenvalue weighted by Gasteiger charge is 2.34. The predicted molar refractivity (Wildman–Crippen MR) is 120 cm³/mol. The lowest BCUT2D eigenvalue weighted by Gasteiger charge is -2.33. The molecular formula is C22H23ClN4O3S. The van der Waals surface area contributed by atoms with Gasteiger partial charge in [0.05, 0.1) is 12.2 Å². The van der Waals surface area contributed by atoms with Crippen LogP contribution in [0, 0.1) is 0 Å². The number of aromatic nitrogens is 2. The number of aryl methyl sites for hydroxylation is 1. The van der Waals surface area contributed by atoms with Crippen LogP contribution in [0.1, 0.15) is 35.3 Å². The molecule has 1 aliphatic heterocycles. The first-order chi connectivity index (χ1) is 14.6. The van der Waals surface area contributed by atoms with Gasteiger partial charge in [0.25, 0.3) is 15.9 Å². The Morgan fingerprint density at radius 2 is 1.87 bits per heavy atom. The zero-order valence-corrected chi connectivity index (χ0v) is 19.0. The molecule has 0 saturated heterocycles. The average Bonchev–Trinajstić information content (AvgIpc) is 3.17. The van der Waals surface area contributed by atoms with Gasteiger partial charge < -0.3 is 5.32 Å². The van der Waals surface area contributed by atoms with Gasteiger partial charge in [-0.1, -0.05) is 43.6 Å². The van der Waals surface area contributed by atoms with Gasteiger partial charge in [0.1, 0.15) is 0 Å². The van der Waals surface area contributed by atoms with E-state index in [1.165, 1.54) is 15.1 Å². The maximum Gasteiger partial charge on any atom is 0.283 e. The Labute approximate surface area is 186 Å². The van der Waals surface area contributed by atoms with Crippen molar-refractivity contribution >= 4 is 33.2 Å². The van der Waals surface area contributed by atoms with Crippen molar-refractivity contribution in [3.63, 3.8) is 0 Å². The lowest BCUT2D eigenvalue weighted by molar-refractivity contribution is 0.0930. The van der Waals surface area contributed by atoms with E-state index in [9.17, 15) is 13.2 Å². The number of carbonyl (C=O) groups excluding carboxylic acids is 1. The van der Waals surface area contributed by atoms with Crippen LogP contribution < -0.4 is 9.62 Å². The minimum absolute atomic E-state index is 0.0635. The first-order valence-corrected chi connectivity index (χ1v) is 11.6. The van der Waals surface area contributed by atoms with E-state index in [1.807, 2.05) is 19.9 Å². The van der Waals surface area contributed by atoms with Gasteiger partial charge in [-0.15, -0.1) is 0 Å². The molecule has 31 heavy (non-hydrogen) atoms. The molecule has 0 atom stereocenters. The van der Waals surface area contributed by atoms with E-state index in [2.05, 4.69) is 10.4 Å². The maximum atomic E-state index is 13.5. The Morgan fingerprint density at radius 1 is 1.16 bits per heavy atom. The number of hydrogen-bond donors (Lipinski definition) is 1. The summed E-state index contributed by atoms with van der Waals surface area (Å²) in [5, 5.41) is 7.49. The Bertz CT molecular complexity index is 1250. The number of hydrogen-bond acceptors (Lipinski definition) is 4. The van der Waals surface area contributed by atoms with Gasteiger partial charge in [0.2, 0.25) is 0 Å². The maximum absolute atomic E-state index is 13.5. The van der Waals surface area contributed by atoms with Gasteiger partial charge in [-0.05, 0) is 41.5 Å². The second-order valence-electron chi connectivity index (χ2n) is 8.26. The van der Waals surface area contributed by atoms with Gasteiger partial charge in [-0.25, -0.2) is 0 Å². The molecule has 0 saturated carbocycles. The van der Waals surface area contributed by atoms with Crippen molar-refractivity contribution in [2.45, 2.75) is 30.8 Å². The van der Waals surface area contributed by atoms with Gasteiger partial charge in [0.15, 0.2) is 5.03 Å². The number of sulfonamides is 1. The summed E-state index contributed by atoms with van der Waals surface area (Å²) in [5.74, 6) is -0.210. The highest BCUT2D eigenvalue weighted by atomic mass is 35.5. The SMILES string of the molecule is Cn1ccc(S(=O)(=O)N(Cc2ccc(Cl)cc2)c2ccc3c(c2)C(=O)NCC3(C)C)n1. The zero-order valence-electron chi connectivity index (χ0n) is 17.5. The number of amides is 1. The third-order valence-corrected chi connectivity index (χ3v) is 7.36. The van der Waals surface area contributed by atoms with Gasteiger partial charge in [0, 0.05) is 35.8 Å². The van der Waals surface area contributed by atoms with E-state index in [-0.39, 0.29) is 22.9 Å². The Balaban J connectivity index is 1.84. The molecule has 1 aliphatic rings. The summed E-state index contributed by atoms with van der Waals surface area (Å²) in [4.78, 5) is 12.6. The number of anilines is 1. The lowest BCUT2D eigenvalue weighted by atomic mass is 9.79. The fourth-order valence-corrected chi connectivity index (χ4v) is 5.20. The molecule has 9 heteroatoms. The molecule has 4 rings (SSSR count). The molecule has 1 amide bonds. The summed E-state index contributed by atoms with van der Waals surface area (Å²) in [6, 6.07) is 13.7. The summed E-state index contributed by atoms with van der Waals surface area (Å²) in [6.07, 6.45) is 1.58. The van der Waals surface area contributed by atoms with Crippen LogP contribution in [0.15, 0.2) is 59.8 Å². The molecular weight excluding hydrogens is 436 g/mol. The predicted octanol–water partition coefficient (Wildman–Crippen LogP) is 3.49. The van der Waals surface area contributed by atoms with E-state index in [0.29, 0.717) is 22.8 Å². The molecule has 7 nitrogen and oxygen atoms in total. The summed E-state index contributed by atoms with van der Waals surface area (Å²) < 4.78 is 29.7. The molecule has 2 heterocycles. The third-order valence-electron chi connectivity index (χ3n) is 5.44. The Hall–Kier alpha value is -2.84. The van der Waals surface area contributed by atoms with Gasteiger partial charge in [-0.2, -0.15) is 13.5 Å². The number of carbonyl (C=O) groups is 1. The molecule has 0 unspecified atom stereocenters. The summed E-state index contributed by atoms with van der Waals surface area (Å²) in [6.45, 7) is 4.68. The quantitative estimate of drug-likeness (QED) is 0.634. The smallest absolute Gasteiger partial charge is 0.283 e. The number of halogens is 1. The zero-order chi connectivity index (χ0) is 22.4. The van der Waals surface area contributed by atoms with Crippen LogP contribution >= 0.6 is 11.6 Å². The normalized spacial score (nSPS) is 15.3. The van der Waals surface area contributed by atoms with E-state index >= 15 is 0 Å². The molecule has 0 radical (unpaired) electrons. The Morgan fingerprint density at radius 3 is 2.52 bits per heavy atom. The molecule has 3 aromatic rings. The summed E-state index contributed by atoms with van der Waals surface area (Å²) in [7, 11) is -2.32. The van der Waals surface area contributed by atoms with Gasteiger partial charge in [-0.3, -0.25) is 13.8 Å². The fraction of sp³-hybridized carbons (Fsp3) is 0.273. The molecule has 0 aliphatic carbocycles. The third kappa shape index (κ3) is 4.05. The van der Waals surface area contributed by atoms with Crippen molar-refractivity contribution in [2.75, 3.05) is 10.8 Å². The van der Waals surface area contributed by atoms with Crippen LogP contribution in [0.3, 0.4) is 0 Å². The van der Waals surface area contributed by atoms with Crippen molar-refractivity contribution in [1.29, 1.82) is 0 Å². The van der Waals surface area contributed by atoms with Crippen LogP contribution in [0.4, 0.5) is 5.69 Å². The molecule has 0 fully saturated rings. The summed E-state index contributed by atoms with van der Waals surface area (Å²) >= 11 is 5.99.